The number of carbonyl (C=O) groups is 1. The summed E-state index contributed by atoms with van der Waals surface area (Å²) in [5.74, 6) is -1.16. The van der Waals surface area contributed by atoms with Crippen molar-refractivity contribution in [2.75, 3.05) is 0 Å². The molecule has 1 rings (SSSR count). The van der Waals surface area contributed by atoms with E-state index in [2.05, 4.69) is 4.72 Å². The fourth-order valence-corrected chi connectivity index (χ4v) is 2.72. The van der Waals surface area contributed by atoms with Crippen molar-refractivity contribution in [2.45, 2.75) is 37.6 Å². The van der Waals surface area contributed by atoms with Gasteiger partial charge in [0.2, 0.25) is 10.0 Å². The van der Waals surface area contributed by atoms with Crippen LogP contribution in [0, 0.1) is 6.92 Å². The van der Waals surface area contributed by atoms with Gasteiger partial charge in [-0.3, -0.25) is 4.79 Å². The summed E-state index contributed by atoms with van der Waals surface area (Å²) < 4.78 is 26.1. The van der Waals surface area contributed by atoms with E-state index < -0.39 is 22.0 Å². The number of carboxylic acids is 1. The average molecular weight is 271 g/mol. The predicted octanol–water partition coefficient (Wildman–Crippen LogP) is 1.53. The molecule has 0 aliphatic heterocycles. The van der Waals surface area contributed by atoms with Gasteiger partial charge >= 0.3 is 5.97 Å². The van der Waals surface area contributed by atoms with E-state index in [0.717, 1.165) is 5.56 Å². The summed E-state index contributed by atoms with van der Waals surface area (Å²) in [6.07, 6.45) is 0.855. The highest BCUT2D eigenvalue weighted by molar-refractivity contribution is 7.89. The second-order valence-corrected chi connectivity index (χ2v) is 5.83. The van der Waals surface area contributed by atoms with Crippen molar-refractivity contribution >= 4 is 16.0 Å². The Balaban J connectivity index is 2.93. The average Bonchev–Trinajstić information content (AvgIpc) is 2.28. The standard InChI is InChI=1S/C12H17NO4S/c1-3-4-11(12(14)15)13-18(16,17)10-7-5-9(2)6-8-10/h5-8,11,13H,3-4H2,1-2H3,(H,14,15)/t11-/m1/s1. The van der Waals surface area contributed by atoms with Crippen LogP contribution in [0.15, 0.2) is 29.2 Å². The Hall–Kier alpha value is -1.40. The lowest BCUT2D eigenvalue weighted by atomic mass is 10.2. The van der Waals surface area contributed by atoms with Crippen molar-refractivity contribution in [1.82, 2.24) is 4.72 Å². The highest BCUT2D eigenvalue weighted by Crippen LogP contribution is 2.11. The van der Waals surface area contributed by atoms with E-state index in [1.54, 1.807) is 19.1 Å². The third-order valence-corrected chi connectivity index (χ3v) is 3.99. The maximum Gasteiger partial charge on any atom is 0.321 e. The number of rotatable bonds is 6. The Kier molecular flexibility index (Phi) is 4.86. The van der Waals surface area contributed by atoms with Gasteiger partial charge in [0, 0.05) is 0 Å². The highest BCUT2D eigenvalue weighted by Gasteiger charge is 2.24. The van der Waals surface area contributed by atoms with E-state index >= 15 is 0 Å². The van der Waals surface area contributed by atoms with Crippen LogP contribution >= 0.6 is 0 Å². The molecule has 1 atom stereocenters. The highest BCUT2D eigenvalue weighted by atomic mass is 32.2. The molecule has 18 heavy (non-hydrogen) atoms. The van der Waals surface area contributed by atoms with Gasteiger partial charge in [0.25, 0.3) is 0 Å². The molecule has 100 valence electrons. The summed E-state index contributed by atoms with van der Waals surface area (Å²) in [6.45, 7) is 3.65. The van der Waals surface area contributed by atoms with Gasteiger partial charge in [-0.15, -0.1) is 0 Å². The summed E-state index contributed by atoms with van der Waals surface area (Å²) in [7, 11) is -3.77. The summed E-state index contributed by atoms with van der Waals surface area (Å²) in [5.41, 5.74) is 0.942. The number of hydrogen-bond acceptors (Lipinski definition) is 3. The Morgan fingerprint density at radius 3 is 2.33 bits per heavy atom. The van der Waals surface area contributed by atoms with Gasteiger partial charge in [-0.25, -0.2) is 8.42 Å². The van der Waals surface area contributed by atoms with E-state index in [4.69, 9.17) is 5.11 Å². The molecule has 0 spiro atoms. The van der Waals surface area contributed by atoms with Crippen LogP contribution in [0.25, 0.3) is 0 Å². The Morgan fingerprint density at radius 1 is 1.33 bits per heavy atom. The van der Waals surface area contributed by atoms with Gasteiger partial charge in [-0.05, 0) is 25.5 Å². The van der Waals surface area contributed by atoms with Crippen LogP contribution in [0.4, 0.5) is 0 Å². The Morgan fingerprint density at radius 2 is 1.89 bits per heavy atom. The smallest absolute Gasteiger partial charge is 0.321 e. The zero-order chi connectivity index (χ0) is 13.8. The maximum atomic E-state index is 12.0. The molecule has 2 N–H and O–H groups in total. The molecule has 0 radical (unpaired) electrons. The molecule has 0 fully saturated rings. The first-order valence-corrected chi connectivity index (χ1v) is 7.17. The number of aliphatic carboxylic acids is 1. The minimum Gasteiger partial charge on any atom is -0.480 e. The molecule has 0 saturated heterocycles. The van der Waals surface area contributed by atoms with Crippen molar-refractivity contribution in [2.24, 2.45) is 0 Å². The molecular weight excluding hydrogens is 254 g/mol. The monoisotopic (exact) mass is 271 g/mol. The van der Waals surface area contributed by atoms with Crippen molar-refractivity contribution in [3.63, 3.8) is 0 Å². The molecule has 0 amide bonds. The molecule has 0 bridgehead atoms. The van der Waals surface area contributed by atoms with Crippen LogP contribution in [0.5, 0.6) is 0 Å². The number of carboxylic acid groups (broad SMARTS) is 1. The van der Waals surface area contributed by atoms with Crippen molar-refractivity contribution in [3.05, 3.63) is 29.8 Å². The van der Waals surface area contributed by atoms with Gasteiger partial charge in [0.05, 0.1) is 4.90 Å². The summed E-state index contributed by atoms with van der Waals surface area (Å²) in [5, 5.41) is 8.93. The first kappa shape index (κ1) is 14.7. The molecule has 0 saturated carbocycles. The van der Waals surface area contributed by atoms with Crippen molar-refractivity contribution < 1.29 is 18.3 Å². The van der Waals surface area contributed by atoms with E-state index in [0.29, 0.717) is 6.42 Å². The predicted molar refractivity (Wildman–Crippen MR) is 67.8 cm³/mol. The number of benzene rings is 1. The third-order valence-electron chi connectivity index (χ3n) is 2.50. The molecule has 0 aliphatic rings. The largest absolute Gasteiger partial charge is 0.480 e. The number of hydrogen-bond donors (Lipinski definition) is 2. The van der Waals surface area contributed by atoms with Crippen LogP contribution in [-0.4, -0.2) is 25.5 Å². The van der Waals surface area contributed by atoms with Crippen LogP contribution in [0.3, 0.4) is 0 Å². The summed E-state index contributed by atoms with van der Waals surface area (Å²) >= 11 is 0. The number of aryl methyl sites for hydroxylation is 1. The third kappa shape index (κ3) is 3.82. The molecule has 1 aromatic carbocycles. The van der Waals surface area contributed by atoms with Crippen molar-refractivity contribution in [1.29, 1.82) is 0 Å². The van der Waals surface area contributed by atoms with Gasteiger partial charge in [-0.1, -0.05) is 31.0 Å². The second-order valence-electron chi connectivity index (χ2n) is 4.11. The fourth-order valence-electron chi connectivity index (χ4n) is 1.49. The molecule has 5 nitrogen and oxygen atoms in total. The van der Waals surface area contributed by atoms with Crippen LogP contribution in [0.1, 0.15) is 25.3 Å². The molecule has 0 unspecified atom stereocenters. The first-order chi connectivity index (χ1) is 8.36. The minimum absolute atomic E-state index is 0.0791. The maximum absolute atomic E-state index is 12.0. The quantitative estimate of drug-likeness (QED) is 0.821. The minimum atomic E-state index is -3.77. The van der Waals surface area contributed by atoms with Gasteiger partial charge < -0.3 is 5.11 Å². The van der Waals surface area contributed by atoms with Gasteiger partial charge in [-0.2, -0.15) is 4.72 Å². The topological polar surface area (TPSA) is 83.5 Å². The molecule has 1 aromatic rings. The van der Waals surface area contributed by atoms with Crippen LogP contribution in [0.2, 0.25) is 0 Å². The molecular formula is C12H17NO4S. The molecule has 6 heteroatoms. The van der Waals surface area contributed by atoms with Gasteiger partial charge in [0.15, 0.2) is 0 Å². The normalized spacial score (nSPS) is 13.2. The lowest BCUT2D eigenvalue weighted by Gasteiger charge is -2.13. The second kappa shape index (κ2) is 5.97. The van der Waals surface area contributed by atoms with Crippen molar-refractivity contribution in [3.8, 4) is 0 Å². The van der Waals surface area contributed by atoms with E-state index in [1.165, 1.54) is 12.1 Å². The number of sulfonamides is 1. The van der Waals surface area contributed by atoms with E-state index in [9.17, 15) is 13.2 Å². The van der Waals surface area contributed by atoms with Gasteiger partial charge in [0.1, 0.15) is 6.04 Å². The fraction of sp³-hybridized carbons (Fsp3) is 0.417. The molecule has 0 aliphatic carbocycles. The zero-order valence-electron chi connectivity index (χ0n) is 10.4. The molecule has 0 heterocycles. The SMILES string of the molecule is CCC[C@@H](NS(=O)(=O)c1ccc(C)cc1)C(=O)O. The Labute approximate surface area is 107 Å². The Bertz CT molecular complexity index is 507. The van der Waals surface area contributed by atoms with E-state index in [-0.39, 0.29) is 11.3 Å². The van der Waals surface area contributed by atoms with Crippen LogP contribution < -0.4 is 4.72 Å². The van der Waals surface area contributed by atoms with Crippen LogP contribution in [-0.2, 0) is 14.8 Å². The first-order valence-electron chi connectivity index (χ1n) is 5.68. The summed E-state index contributed by atoms with van der Waals surface area (Å²) in [6, 6.07) is 5.18. The zero-order valence-corrected chi connectivity index (χ0v) is 11.2. The van der Waals surface area contributed by atoms with E-state index in [1.807, 2.05) is 6.92 Å². The lowest BCUT2D eigenvalue weighted by molar-refractivity contribution is -0.139. The molecule has 0 aromatic heterocycles. The lowest BCUT2D eigenvalue weighted by Crippen LogP contribution is -2.40. The number of nitrogens with one attached hydrogen (secondary N) is 1. The summed E-state index contributed by atoms with van der Waals surface area (Å²) in [4.78, 5) is 11.0.